The second-order valence-corrected chi connectivity index (χ2v) is 5.23. The Morgan fingerprint density at radius 1 is 1.33 bits per heavy atom. The van der Waals surface area contributed by atoms with E-state index in [9.17, 15) is 9.50 Å². The maximum Gasteiger partial charge on any atom is 0.165 e. The van der Waals surface area contributed by atoms with Gasteiger partial charge in [-0.1, -0.05) is 24.3 Å². The zero-order chi connectivity index (χ0) is 14.8. The van der Waals surface area contributed by atoms with Crippen LogP contribution in [-0.4, -0.2) is 17.8 Å². The van der Waals surface area contributed by atoms with Crippen molar-refractivity contribution in [1.82, 2.24) is 0 Å². The highest BCUT2D eigenvalue weighted by Gasteiger charge is 2.23. The van der Waals surface area contributed by atoms with Crippen molar-refractivity contribution in [3.63, 3.8) is 0 Å². The van der Waals surface area contributed by atoms with Crippen LogP contribution in [0.4, 0.5) is 4.39 Å². The van der Waals surface area contributed by atoms with Gasteiger partial charge in [0, 0.05) is 6.42 Å². The molecule has 2 aromatic carbocycles. The molecule has 0 radical (unpaired) electrons. The lowest BCUT2D eigenvalue weighted by Gasteiger charge is -2.14. The molecule has 0 bridgehead atoms. The van der Waals surface area contributed by atoms with Gasteiger partial charge in [0.25, 0.3) is 0 Å². The fourth-order valence-electron chi connectivity index (χ4n) is 2.42. The zero-order valence-electron chi connectivity index (χ0n) is 11.8. The van der Waals surface area contributed by atoms with Crippen molar-refractivity contribution in [3.05, 3.63) is 59.4 Å². The molecular weight excluding hydrogens is 271 g/mol. The molecule has 2 aromatic rings. The molecule has 21 heavy (non-hydrogen) atoms. The Morgan fingerprint density at radius 3 is 2.86 bits per heavy atom. The number of ether oxygens (including phenoxy) is 2. The summed E-state index contributed by atoms with van der Waals surface area (Å²) in [4.78, 5) is 0. The number of aliphatic hydroxyl groups excluding tert-OH is 1. The minimum atomic E-state index is -0.693. The Morgan fingerprint density at radius 2 is 2.14 bits per heavy atom. The highest BCUT2D eigenvalue weighted by Crippen LogP contribution is 2.29. The SMILES string of the molecule is C[C@H](O)c1ccc(OCC2Cc3ccccc3O2)c(F)c1. The summed E-state index contributed by atoms with van der Waals surface area (Å²) in [6.07, 6.45) is -0.0248. The Hall–Kier alpha value is -2.07. The van der Waals surface area contributed by atoms with Crippen LogP contribution in [0.1, 0.15) is 24.2 Å². The van der Waals surface area contributed by atoms with Gasteiger partial charge >= 0.3 is 0 Å². The van der Waals surface area contributed by atoms with Crippen LogP contribution in [0.2, 0.25) is 0 Å². The van der Waals surface area contributed by atoms with E-state index in [2.05, 4.69) is 0 Å². The lowest BCUT2D eigenvalue weighted by atomic mass is 10.1. The molecule has 3 nitrogen and oxygen atoms in total. The smallest absolute Gasteiger partial charge is 0.165 e. The van der Waals surface area contributed by atoms with Crippen LogP contribution in [-0.2, 0) is 6.42 Å². The van der Waals surface area contributed by atoms with E-state index in [1.807, 2.05) is 24.3 Å². The van der Waals surface area contributed by atoms with Gasteiger partial charge in [-0.3, -0.25) is 0 Å². The number of halogens is 1. The molecule has 0 aliphatic carbocycles. The van der Waals surface area contributed by atoms with E-state index < -0.39 is 11.9 Å². The third-order valence-corrected chi connectivity index (χ3v) is 3.58. The van der Waals surface area contributed by atoms with E-state index in [1.165, 1.54) is 6.07 Å². The molecule has 2 atom stereocenters. The van der Waals surface area contributed by atoms with Crippen LogP contribution in [0.3, 0.4) is 0 Å². The fraction of sp³-hybridized carbons (Fsp3) is 0.294. The predicted molar refractivity (Wildman–Crippen MR) is 77.1 cm³/mol. The second-order valence-electron chi connectivity index (χ2n) is 5.23. The molecule has 3 rings (SSSR count). The number of para-hydroxylation sites is 1. The van der Waals surface area contributed by atoms with Gasteiger partial charge in [0.1, 0.15) is 18.5 Å². The third-order valence-electron chi connectivity index (χ3n) is 3.58. The summed E-state index contributed by atoms with van der Waals surface area (Å²) in [5.41, 5.74) is 1.68. The lowest BCUT2D eigenvalue weighted by Crippen LogP contribution is -2.22. The molecule has 0 spiro atoms. The number of aliphatic hydroxyl groups is 1. The second kappa shape index (κ2) is 5.74. The van der Waals surface area contributed by atoms with Crippen molar-refractivity contribution in [2.45, 2.75) is 25.6 Å². The Kier molecular flexibility index (Phi) is 3.80. The zero-order valence-corrected chi connectivity index (χ0v) is 11.8. The van der Waals surface area contributed by atoms with Crippen LogP contribution in [0.15, 0.2) is 42.5 Å². The first kappa shape index (κ1) is 13.9. The standard InChI is InChI=1S/C17H17FO3/c1-11(19)12-6-7-17(15(18)9-12)20-10-14-8-13-4-2-3-5-16(13)21-14/h2-7,9,11,14,19H,8,10H2,1H3/t11-,14?/m0/s1. The topological polar surface area (TPSA) is 38.7 Å². The molecule has 1 aliphatic rings. The summed E-state index contributed by atoms with van der Waals surface area (Å²) in [5, 5.41) is 9.41. The van der Waals surface area contributed by atoms with Crippen LogP contribution < -0.4 is 9.47 Å². The summed E-state index contributed by atoms with van der Waals surface area (Å²) in [5.74, 6) is 0.582. The Labute approximate surface area is 122 Å². The van der Waals surface area contributed by atoms with E-state index in [-0.39, 0.29) is 11.9 Å². The molecule has 1 aliphatic heterocycles. The van der Waals surface area contributed by atoms with Crippen LogP contribution in [0.5, 0.6) is 11.5 Å². The summed E-state index contributed by atoms with van der Waals surface area (Å²) in [6.45, 7) is 1.89. The average Bonchev–Trinajstić information content (AvgIpc) is 2.88. The number of fused-ring (bicyclic) bond motifs is 1. The monoisotopic (exact) mass is 288 g/mol. The van der Waals surface area contributed by atoms with E-state index in [4.69, 9.17) is 9.47 Å². The maximum absolute atomic E-state index is 13.9. The molecule has 0 fully saturated rings. The van der Waals surface area contributed by atoms with Gasteiger partial charge in [0.2, 0.25) is 0 Å². The molecule has 0 saturated heterocycles. The minimum Gasteiger partial charge on any atom is -0.487 e. The van der Waals surface area contributed by atoms with E-state index in [0.717, 1.165) is 17.7 Å². The molecular formula is C17H17FO3. The van der Waals surface area contributed by atoms with Crippen LogP contribution >= 0.6 is 0 Å². The Balaban J connectivity index is 1.62. The molecule has 0 aromatic heterocycles. The van der Waals surface area contributed by atoms with Crippen molar-refractivity contribution in [2.75, 3.05) is 6.61 Å². The molecule has 4 heteroatoms. The summed E-state index contributed by atoms with van der Waals surface area (Å²) in [6, 6.07) is 12.3. The molecule has 1 N–H and O–H groups in total. The fourth-order valence-corrected chi connectivity index (χ4v) is 2.42. The quantitative estimate of drug-likeness (QED) is 0.938. The normalized spacial score (nSPS) is 18.0. The number of rotatable bonds is 4. The van der Waals surface area contributed by atoms with Gasteiger partial charge in [-0.05, 0) is 36.2 Å². The predicted octanol–water partition coefficient (Wildman–Crippen LogP) is 3.26. The maximum atomic E-state index is 13.9. The number of hydrogen-bond acceptors (Lipinski definition) is 3. The summed E-state index contributed by atoms with van der Waals surface area (Å²) >= 11 is 0. The molecule has 1 heterocycles. The van der Waals surface area contributed by atoms with E-state index in [1.54, 1.807) is 19.1 Å². The van der Waals surface area contributed by atoms with E-state index >= 15 is 0 Å². The van der Waals surface area contributed by atoms with Gasteiger partial charge in [-0.25, -0.2) is 4.39 Å². The van der Waals surface area contributed by atoms with Gasteiger partial charge in [-0.15, -0.1) is 0 Å². The third kappa shape index (κ3) is 3.00. The van der Waals surface area contributed by atoms with Crippen molar-refractivity contribution in [3.8, 4) is 11.5 Å². The van der Waals surface area contributed by atoms with Gasteiger partial charge in [0.15, 0.2) is 11.6 Å². The van der Waals surface area contributed by atoms with Crippen molar-refractivity contribution in [1.29, 1.82) is 0 Å². The molecule has 1 unspecified atom stereocenters. The molecule has 110 valence electrons. The highest BCUT2D eigenvalue weighted by molar-refractivity contribution is 5.37. The van der Waals surface area contributed by atoms with Crippen LogP contribution in [0, 0.1) is 5.82 Å². The Bertz CT molecular complexity index is 615. The van der Waals surface area contributed by atoms with Gasteiger partial charge in [-0.2, -0.15) is 0 Å². The number of benzene rings is 2. The first-order valence-electron chi connectivity index (χ1n) is 6.98. The first-order chi connectivity index (χ1) is 10.1. The number of hydrogen-bond donors (Lipinski definition) is 1. The summed E-state index contributed by atoms with van der Waals surface area (Å²) < 4.78 is 25.1. The molecule has 0 saturated carbocycles. The minimum absolute atomic E-state index is 0.0989. The average molecular weight is 288 g/mol. The van der Waals surface area contributed by atoms with Crippen LogP contribution in [0.25, 0.3) is 0 Å². The highest BCUT2D eigenvalue weighted by atomic mass is 19.1. The first-order valence-corrected chi connectivity index (χ1v) is 6.98. The van der Waals surface area contributed by atoms with Crippen molar-refractivity contribution >= 4 is 0 Å². The van der Waals surface area contributed by atoms with Gasteiger partial charge in [0.05, 0.1) is 6.10 Å². The van der Waals surface area contributed by atoms with Crippen molar-refractivity contribution in [2.24, 2.45) is 0 Å². The summed E-state index contributed by atoms with van der Waals surface area (Å²) in [7, 11) is 0. The molecule has 0 amide bonds. The largest absolute Gasteiger partial charge is 0.487 e. The van der Waals surface area contributed by atoms with Crippen molar-refractivity contribution < 1.29 is 19.0 Å². The van der Waals surface area contributed by atoms with E-state index in [0.29, 0.717) is 12.2 Å². The lowest BCUT2D eigenvalue weighted by molar-refractivity contribution is 0.145. The van der Waals surface area contributed by atoms with Gasteiger partial charge < -0.3 is 14.6 Å².